The van der Waals surface area contributed by atoms with Gasteiger partial charge < -0.3 is 20.7 Å². The zero-order chi connectivity index (χ0) is 31.0. The highest BCUT2D eigenvalue weighted by atomic mass is 19.1. The number of amides is 3. The molecule has 0 aromatic heterocycles. The zero-order valence-electron chi connectivity index (χ0n) is 24.6. The molecule has 3 N–H and O–H groups in total. The second-order valence-corrected chi connectivity index (χ2v) is 11.5. The quantitative estimate of drug-likeness (QED) is 0.243. The largest absolute Gasteiger partial charge is 0.361 e. The number of Topliss-reactive ketones (excluding diaryl/α,β-unsaturated/α-hetero) is 1. The van der Waals surface area contributed by atoms with E-state index >= 15 is 0 Å². The Morgan fingerprint density at radius 1 is 0.837 bits per heavy atom. The Kier molecular flexibility index (Phi) is 10.4. The predicted molar refractivity (Wildman–Crippen MR) is 160 cm³/mol. The molecule has 4 atom stereocenters. The Morgan fingerprint density at radius 3 is 2.02 bits per heavy atom. The number of benzene rings is 3. The lowest BCUT2D eigenvalue weighted by Crippen LogP contribution is -2.50. The summed E-state index contributed by atoms with van der Waals surface area (Å²) in [5.74, 6) is -1.90. The summed E-state index contributed by atoms with van der Waals surface area (Å²) in [5, 5.41) is 8.60. The molecule has 4 rings (SSSR count). The van der Waals surface area contributed by atoms with Crippen LogP contribution in [0.3, 0.4) is 0 Å². The number of ether oxygens (including phenoxy) is 1. The van der Waals surface area contributed by atoms with E-state index < -0.39 is 47.3 Å². The van der Waals surface area contributed by atoms with E-state index in [4.69, 9.17) is 4.74 Å². The smallest absolute Gasteiger partial charge is 0.251 e. The van der Waals surface area contributed by atoms with Gasteiger partial charge in [-0.15, -0.1) is 0 Å². The van der Waals surface area contributed by atoms with Crippen molar-refractivity contribution in [1.82, 2.24) is 16.0 Å². The van der Waals surface area contributed by atoms with E-state index in [0.717, 1.165) is 5.56 Å². The number of ketones is 1. The van der Waals surface area contributed by atoms with Crippen molar-refractivity contribution < 1.29 is 28.3 Å². The van der Waals surface area contributed by atoms with E-state index in [0.29, 0.717) is 18.6 Å². The van der Waals surface area contributed by atoms with Crippen molar-refractivity contribution >= 4 is 23.5 Å². The molecule has 0 spiro atoms. The van der Waals surface area contributed by atoms with Crippen molar-refractivity contribution in [2.75, 3.05) is 6.61 Å². The van der Waals surface area contributed by atoms with Crippen LogP contribution in [-0.4, -0.2) is 47.8 Å². The van der Waals surface area contributed by atoms with E-state index in [-0.39, 0.29) is 30.1 Å². The normalized spacial score (nSPS) is 17.8. The summed E-state index contributed by atoms with van der Waals surface area (Å²) in [4.78, 5) is 53.2. The molecular weight excluding hydrogens is 549 g/mol. The average molecular weight is 588 g/mol. The van der Waals surface area contributed by atoms with Gasteiger partial charge >= 0.3 is 0 Å². The number of epoxide rings is 1. The van der Waals surface area contributed by atoms with Gasteiger partial charge in [0.05, 0.1) is 25.1 Å². The number of halogens is 1. The van der Waals surface area contributed by atoms with Crippen LogP contribution in [0.25, 0.3) is 0 Å². The summed E-state index contributed by atoms with van der Waals surface area (Å²) < 4.78 is 18.8. The third kappa shape index (κ3) is 9.06. The Morgan fingerprint density at radius 2 is 1.44 bits per heavy atom. The molecule has 3 amide bonds. The lowest BCUT2D eigenvalue weighted by molar-refractivity contribution is -0.131. The summed E-state index contributed by atoms with van der Waals surface area (Å²) >= 11 is 0. The fraction of sp³-hybridized carbons (Fsp3) is 0.353. The lowest BCUT2D eigenvalue weighted by Gasteiger charge is -2.26. The SMILES string of the molecule is CC(C)C[C@H](NC(=O)CC(NC(=O)[C@H](Cc1ccccc1)NC(=O)c1ccc(F)cc1)c1ccccc1)C(=O)[C@@]1(C)CO1. The molecule has 226 valence electrons. The summed E-state index contributed by atoms with van der Waals surface area (Å²) in [7, 11) is 0. The van der Waals surface area contributed by atoms with Crippen molar-refractivity contribution in [3.63, 3.8) is 0 Å². The van der Waals surface area contributed by atoms with Crippen LogP contribution in [0.5, 0.6) is 0 Å². The maximum absolute atomic E-state index is 13.8. The zero-order valence-corrected chi connectivity index (χ0v) is 24.6. The van der Waals surface area contributed by atoms with E-state index in [1.165, 1.54) is 24.3 Å². The molecule has 8 nitrogen and oxygen atoms in total. The highest BCUT2D eigenvalue weighted by Gasteiger charge is 2.50. The van der Waals surface area contributed by atoms with Crippen LogP contribution in [0.2, 0.25) is 0 Å². The van der Waals surface area contributed by atoms with Crippen LogP contribution in [0.1, 0.15) is 61.1 Å². The average Bonchev–Trinajstić information content (AvgIpc) is 3.75. The molecule has 0 radical (unpaired) electrons. The summed E-state index contributed by atoms with van der Waals surface area (Å²) in [6, 6.07) is 20.9. The molecule has 1 saturated heterocycles. The van der Waals surface area contributed by atoms with E-state index in [2.05, 4.69) is 16.0 Å². The molecule has 3 aromatic rings. The van der Waals surface area contributed by atoms with Gasteiger partial charge in [-0.3, -0.25) is 19.2 Å². The van der Waals surface area contributed by atoms with Crippen molar-refractivity contribution in [1.29, 1.82) is 0 Å². The Hall–Kier alpha value is -4.37. The van der Waals surface area contributed by atoms with Crippen molar-refractivity contribution in [2.45, 2.75) is 63.8 Å². The van der Waals surface area contributed by atoms with Crippen LogP contribution in [0, 0.1) is 11.7 Å². The standard InChI is InChI=1S/C34H38FN3O5/c1-22(2)18-28(31(40)34(3)21-43-34)36-30(39)20-27(24-12-8-5-9-13-24)37-33(42)29(19-23-10-6-4-7-11-23)38-32(41)25-14-16-26(35)17-15-25/h4-17,22,27-29H,18-21H2,1-3H3,(H,36,39)(H,37,42)(H,38,41)/t27?,28-,29-,34+/m0/s1. The van der Waals surface area contributed by atoms with Gasteiger partial charge in [0.25, 0.3) is 5.91 Å². The Balaban J connectivity index is 1.53. The maximum atomic E-state index is 13.8. The molecule has 0 saturated carbocycles. The molecule has 43 heavy (non-hydrogen) atoms. The third-order valence-corrected chi connectivity index (χ3v) is 7.38. The van der Waals surface area contributed by atoms with Gasteiger partial charge in [0, 0.05) is 12.0 Å². The van der Waals surface area contributed by atoms with Crippen LogP contribution in [-0.2, 0) is 25.5 Å². The highest BCUT2D eigenvalue weighted by Crippen LogP contribution is 2.30. The van der Waals surface area contributed by atoms with Gasteiger partial charge in [-0.2, -0.15) is 0 Å². The second kappa shape index (κ2) is 14.2. The van der Waals surface area contributed by atoms with Gasteiger partial charge in [-0.1, -0.05) is 74.5 Å². The maximum Gasteiger partial charge on any atom is 0.251 e. The first kappa shape index (κ1) is 31.6. The van der Waals surface area contributed by atoms with Gasteiger partial charge in [0.1, 0.15) is 17.5 Å². The van der Waals surface area contributed by atoms with E-state index in [1.807, 2.05) is 50.2 Å². The number of carbonyl (C=O) groups is 4. The van der Waals surface area contributed by atoms with Crippen molar-refractivity contribution in [3.05, 3.63) is 107 Å². The topological polar surface area (TPSA) is 117 Å². The molecule has 0 bridgehead atoms. The third-order valence-electron chi connectivity index (χ3n) is 7.38. The van der Waals surface area contributed by atoms with Crippen molar-refractivity contribution in [3.8, 4) is 0 Å². The molecular formula is C34H38FN3O5. The minimum Gasteiger partial charge on any atom is -0.361 e. The van der Waals surface area contributed by atoms with Gasteiger partial charge in [-0.05, 0) is 54.7 Å². The lowest BCUT2D eigenvalue weighted by atomic mass is 9.93. The fourth-order valence-corrected chi connectivity index (χ4v) is 4.87. The summed E-state index contributed by atoms with van der Waals surface area (Å²) in [5.41, 5.74) is 0.841. The number of carbonyl (C=O) groups excluding carboxylic acids is 4. The molecule has 3 aromatic carbocycles. The number of rotatable bonds is 14. The van der Waals surface area contributed by atoms with Gasteiger partial charge in [0.15, 0.2) is 5.78 Å². The predicted octanol–water partition coefficient (Wildman–Crippen LogP) is 4.30. The van der Waals surface area contributed by atoms with Crippen LogP contribution < -0.4 is 16.0 Å². The molecule has 1 fully saturated rings. The summed E-state index contributed by atoms with van der Waals surface area (Å²) in [6.45, 7) is 5.99. The molecule has 1 heterocycles. The molecule has 1 unspecified atom stereocenters. The molecule has 1 aliphatic heterocycles. The Labute approximate surface area is 251 Å². The molecule has 1 aliphatic rings. The molecule has 0 aliphatic carbocycles. The Bertz CT molecular complexity index is 1410. The van der Waals surface area contributed by atoms with Gasteiger partial charge in [-0.25, -0.2) is 4.39 Å². The monoisotopic (exact) mass is 587 g/mol. The minimum atomic E-state index is -0.989. The number of nitrogens with one attached hydrogen (secondary N) is 3. The number of hydrogen-bond acceptors (Lipinski definition) is 5. The van der Waals surface area contributed by atoms with Crippen LogP contribution in [0.15, 0.2) is 84.9 Å². The molecule has 9 heteroatoms. The van der Waals surface area contributed by atoms with E-state index in [1.54, 1.807) is 31.2 Å². The van der Waals surface area contributed by atoms with Crippen LogP contribution >= 0.6 is 0 Å². The van der Waals surface area contributed by atoms with E-state index in [9.17, 15) is 23.6 Å². The van der Waals surface area contributed by atoms with Crippen molar-refractivity contribution in [2.24, 2.45) is 5.92 Å². The summed E-state index contributed by atoms with van der Waals surface area (Å²) in [6.07, 6.45) is 0.524. The van der Waals surface area contributed by atoms with Gasteiger partial charge in [0.2, 0.25) is 11.8 Å². The fourth-order valence-electron chi connectivity index (χ4n) is 4.87. The highest BCUT2D eigenvalue weighted by molar-refractivity contribution is 5.98. The van der Waals surface area contributed by atoms with Crippen LogP contribution in [0.4, 0.5) is 4.39 Å². The number of hydrogen-bond donors (Lipinski definition) is 3. The first-order chi connectivity index (χ1) is 20.5. The first-order valence-corrected chi connectivity index (χ1v) is 14.5. The first-order valence-electron chi connectivity index (χ1n) is 14.5. The minimum absolute atomic E-state index is 0.126. The second-order valence-electron chi connectivity index (χ2n) is 11.5.